The first-order valence-corrected chi connectivity index (χ1v) is 10.1. The van der Waals surface area contributed by atoms with Crippen molar-refractivity contribution in [1.29, 1.82) is 0 Å². The summed E-state index contributed by atoms with van der Waals surface area (Å²) < 4.78 is 16.6. The first-order valence-electron chi connectivity index (χ1n) is 10.1. The van der Waals surface area contributed by atoms with Crippen molar-refractivity contribution in [3.8, 4) is 0 Å². The molecule has 0 bridgehead atoms. The lowest BCUT2D eigenvalue weighted by Crippen LogP contribution is -2.59. The Labute approximate surface area is 173 Å². The molecule has 0 heterocycles. The van der Waals surface area contributed by atoms with E-state index in [4.69, 9.17) is 14.2 Å². The summed E-state index contributed by atoms with van der Waals surface area (Å²) in [6.07, 6.45) is -1.02. The molecule has 2 rings (SSSR count). The van der Waals surface area contributed by atoms with Crippen molar-refractivity contribution in [2.24, 2.45) is 0 Å². The zero-order valence-corrected chi connectivity index (χ0v) is 18.0. The van der Waals surface area contributed by atoms with Crippen LogP contribution in [0.1, 0.15) is 46.6 Å². The van der Waals surface area contributed by atoms with E-state index in [0.29, 0.717) is 19.6 Å². The summed E-state index contributed by atoms with van der Waals surface area (Å²) in [4.78, 5) is 12.4. The predicted octanol–water partition coefficient (Wildman–Crippen LogP) is 4.38. The number of amides is 1. The van der Waals surface area contributed by atoms with E-state index in [-0.39, 0.29) is 6.42 Å². The molecule has 6 heteroatoms. The van der Waals surface area contributed by atoms with Gasteiger partial charge in [0.05, 0.1) is 0 Å². The molecular formula is C23H33NO5. The van der Waals surface area contributed by atoms with Crippen LogP contribution in [0, 0.1) is 0 Å². The number of hydrogen-bond donors (Lipinski definition) is 2. The Morgan fingerprint density at radius 3 is 2.28 bits per heavy atom. The molecule has 0 saturated heterocycles. The van der Waals surface area contributed by atoms with E-state index >= 15 is 0 Å². The molecule has 0 aromatic heterocycles. The van der Waals surface area contributed by atoms with Gasteiger partial charge in [-0.3, -0.25) is 5.32 Å². The topological polar surface area (TPSA) is 77.0 Å². The molecule has 2 aromatic rings. The van der Waals surface area contributed by atoms with Gasteiger partial charge >= 0.3 is 6.09 Å². The predicted molar refractivity (Wildman–Crippen MR) is 114 cm³/mol. The van der Waals surface area contributed by atoms with Crippen LogP contribution in [0.3, 0.4) is 0 Å². The highest BCUT2D eigenvalue weighted by atomic mass is 16.7. The Balaban J connectivity index is 2.26. The SMILES string of the molecule is CCOC(OCC)C(O)(CCc1cccc2ccccc12)NC(=O)OC(C)(C)C. The lowest BCUT2D eigenvalue weighted by atomic mass is 9.97. The highest BCUT2D eigenvalue weighted by Gasteiger charge is 2.41. The van der Waals surface area contributed by atoms with Gasteiger partial charge in [0, 0.05) is 19.6 Å². The molecule has 2 N–H and O–H groups in total. The maximum Gasteiger partial charge on any atom is 0.410 e. The third-order valence-corrected chi connectivity index (χ3v) is 4.40. The number of aryl methyl sites for hydroxylation is 1. The van der Waals surface area contributed by atoms with Crippen molar-refractivity contribution in [3.63, 3.8) is 0 Å². The van der Waals surface area contributed by atoms with Gasteiger partial charge in [0.2, 0.25) is 6.29 Å². The molecule has 1 unspecified atom stereocenters. The molecule has 0 spiro atoms. The van der Waals surface area contributed by atoms with Crippen molar-refractivity contribution in [3.05, 3.63) is 48.0 Å². The van der Waals surface area contributed by atoms with E-state index in [2.05, 4.69) is 5.32 Å². The largest absolute Gasteiger partial charge is 0.444 e. The summed E-state index contributed by atoms with van der Waals surface area (Å²) in [5, 5.41) is 16.2. The average molecular weight is 404 g/mol. The zero-order chi connectivity index (χ0) is 21.5. The second-order valence-corrected chi connectivity index (χ2v) is 7.93. The van der Waals surface area contributed by atoms with Gasteiger partial charge in [0.1, 0.15) is 5.60 Å². The van der Waals surface area contributed by atoms with E-state index < -0.39 is 23.7 Å². The minimum absolute atomic E-state index is 0.199. The average Bonchev–Trinajstić information content (AvgIpc) is 2.64. The molecule has 0 fully saturated rings. The highest BCUT2D eigenvalue weighted by Crippen LogP contribution is 2.25. The van der Waals surface area contributed by atoms with Crippen LogP contribution < -0.4 is 5.32 Å². The summed E-state index contributed by atoms with van der Waals surface area (Å²) >= 11 is 0. The van der Waals surface area contributed by atoms with Crippen molar-refractivity contribution >= 4 is 16.9 Å². The van der Waals surface area contributed by atoms with Gasteiger partial charge in [-0.05, 0) is 57.4 Å². The lowest BCUT2D eigenvalue weighted by Gasteiger charge is -2.36. The maximum absolute atomic E-state index is 12.4. The van der Waals surface area contributed by atoms with Crippen LogP contribution in [0.15, 0.2) is 42.5 Å². The Morgan fingerprint density at radius 1 is 1.03 bits per heavy atom. The van der Waals surface area contributed by atoms with Gasteiger partial charge in [-0.2, -0.15) is 0 Å². The molecule has 0 radical (unpaired) electrons. The Kier molecular flexibility index (Phi) is 8.02. The number of carbonyl (C=O) groups is 1. The van der Waals surface area contributed by atoms with E-state index in [1.165, 1.54) is 0 Å². The first kappa shape index (κ1) is 23.1. The minimum atomic E-state index is -1.74. The molecule has 6 nitrogen and oxygen atoms in total. The second kappa shape index (κ2) is 10.1. The monoisotopic (exact) mass is 403 g/mol. The number of aliphatic hydroxyl groups is 1. The van der Waals surface area contributed by atoms with Gasteiger partial charge in [-0.25, -0.2) is 4.79 Å². The van der Waals surface area contributed by atoms with Crippen LogP contribution in [0.5, 0.6) is 0 Å². The van der Waals surface area contributed by atoms with Crippen LogP contribution >= 0.6 is 0 Å². The van der Waals surface area contributed by atoms with Gasteiger partial charge in [-0.15, -0.1) is 0 Å². The van der Waals surface area contributed by atoms with Gasteiger partial charge in [0.25, 0.3) is 0 Å². The molecule has 1 atom stereocenters. The van der Waals surface area contributed by atoms with Crippen LogP contribution in [0.4, 0.5) is 4.79 Å². The third-order valence-electron chi connectivity index (χ3n) is 4.40. The Bertz CT molecular complexity index is 790. The molecule has 0 saturated carbocycles. The smallest absolute Gasteiger partial charge is 0.410 e. The molecule has 29 heavy (non-hydrogen) atoms. The van der Waals surface area contributed by atoms with Crippen molar-refractivity contribution in [2.45, 2.75) is 65.1 Å². The summed E-state index contributed by atoms with van der Waals surface area (Å²) in [5.41, 5.74) is -1.36. The quantitative estimate of drug-likeness (QED) is 0.608. The van der Waals surface area contributed by atoms with Crippen molar-refractivity contribution in [1.82, 2.24) is 5.32 Å². The van der Waals surface area contributed by atoms with Gasteiger partial charge < -0.3 is 19.3 Å². The Morgan fingerprint density at radius 2 is 1.66 bits per heavy atom. The lowest BCUT2D eigenvalue weighted by molar-refractivity contribution is -0.245. The van der Waals surface area contributed by atoms with Crippen LogP contribution in [-0.4, -0.2) is 42.0 Å². The number of nitrogens with one attached hydrogen (secondary N) is 1. The number of fused-ring (bicyclic) bond motifs is 1. The fourth-order valence-corrected chi connectivity index (χ4v) is 3.18. The van der Waals surface area contributed by atoms with E-state index in [0.717, 1.165) is 16.3 Å². The van der Waals surface area contributed by atoms with E-state index in [1.54, 1.807) is 20.8 Å². The number of benzene rings is 2. The number of ether oxygens (including phenoxy) is 3. The van der Waals surface area contributed by atoms with Crippen molar-refractivity contribution < 1.29 is 24.1 Å². The van der Waals surface area contributed by atoms with E-state index in [1.807, 2.05) is 56.3 Å². The molecular weight excluding hydrogens is 370 g/mol. The molecule has 0 aliphatic rings. The third kappa shape index (κ3) is 6.70. The Hall–Kier alpha value is -2.15. The van der Waals surface area contributed by atoms with Gasteiger partial charge in [0.15, 0.2) is 5.72 Å². The molecule has 1 amide bonds. The number of alkyl carbamates (subject to hydrolysis) is 1. The summed E-state index contributed by atoms with van der Waals surface area (Å²) in [5.74, 6) is 0. The standard InChI is InChI=1S/C23H33NO5/c1-6-27-20(28-7-2)23(26,24-21(25)29-22(3,4)5)16-15-18-13-10-12-17-11-8-9-14-19(17)18/h8-14,20,26H,6-7,15-16H2,1-5H3,(H,24,25). The number of rotatable bonds is 9. The van der Waals surface area contributed by atoms with Crippen LogP contribution in [0.2, 0.25) is 0 Å². The van der Waals surface area contributed by atoms with Crippen LogP contribution in [0.25, 0.3) is 10.8 Å². The molecule has 2 aromatic carbocycles. The highest BCUT2D eigenvalue weighted by molar-refractivity contribution is 5.85. The summed E-state index contributed by atoms with van der Waals surface area (Å²) in [6.45, 7) is 9.59. The zero-order valence-electron chi connectivity index (χ0n) is 18.0. The number of carbonyl (C=O) groups excluding carboxylic acids is 1. The van der Waals surface area contributed by atoms with Crippen molar-refractivity contribution in [2.75, 3.05) is 13.2 Å². The second-order valence-electron chi connectivity index (χ2n) is 7.93. The van der Waals surface area contributed by atoms with Gasteiger partial charge in [-0.1, -0.05) is 42.5 Å². The van der Waals surface area contributed by atoms with E-state index in [9.17, 15) is 9.90 Å². The molecule has 0 aliphatic carbocycles. The van der Waals surface area contributed by atoms with Crippen LogP contribution in [-0.2, 0) is 20.6 Å². The minimum Gasteiger partial charge on any atom is -0.444 e. The molecule has 160 valence electrons. The fraction of sp³-hybridized carbons (Fsp3) is 0.522. The fourth-order valence-electron chi connectivity index (χ4n) is 3.18. The maximum atomic E-state index is 12.4. The first-order chi connectivity index (χ1) is 13.7. The summed E-state index contributed by atoms with van der Waals surface area (Å²) in [6, 6.07) is 14.1. The number of hydrogen-bond acceptors (Lipinski definition) is 5. The molecule has 0 aliphatic heterocycles. The summed E-state index contributed by atoms with van der Waals surface area (Å²) in [7, 11) is 0. The normalized spacial score (nSPS) is 14.0.